The number of aromatic nitrogens is 3. The number of rotatable bonds is 8. The maximum absolute atomic E-state index is 12.7. The molecule has 10 nitrogen and oxygen atoms in total. The summed E-state index contributed by atoms with van der Waals surface area (Å²) >= 11 is 0. The minimum atomic E-state index is -0.389. The van der Waals surface area contributed by atoms with Crippen molar-refractivity contribution < 1.29 is 4.79 Å². The van der Waals surface area contributed by atoms with Gasteiger partial charge in [-0.1, -0.05) is 20.8 Å². The van der Waals surface area contributed by atoms with Crippen molar-refractivity contribution in [3.8, 4) is 0 Å². The number of nitrogens with zero attached hydrogens (tertiary/aromatic N) is 5. The Morgan fingerprint density at radius 1 is 1.28 bits per heavy atom. The Balaban J connectivity index is 2.16. The number of amides is 1. The van der Waals surface area contributed by atoms with Crippen molar-refractivity contribution in [1.82, 2.24) is 14.8 Å². The molecule has 2 heterocycles. The van der Waals surface area contributed by atoms with Crippen LogP contribution in [0, 0.1) is 30.1 Å². The van der Waals surface area contributed by atoms with Gasteiger partial charge >= 0.3 is 0 Å². The monoisotopic (exact) mass is 439 g/mol. The lowest BCUT2D eigenvalue weighted by atomic mass is 9.87. The van der Waals surface area contributed by atoms with Crippen molar-refractivity contribution in [1.29, 1.82) is 10.8 Å². The van der Waals surface area contributed by atoms with Crippen LogP contribution in [0.5, 0.6) is 0 Å². The van der Waals surface area contributed by atoms with Crippen LogP contribution in [0.1, 0.15) is 44.1 Å². The molecule has 5 N–H and O–H groups in total. The number of pyridine rings is 1. The first-order chi connectivity index (χ1) is 14.8. The first-order valence-electron chi connectivity index (χ1n) is 10.2. The SMILES string of the molecule is CN=C(CC(=N)C(C)(C)C)C(=O)Nc1cnc(C)c(N(N)CC(=N)c2cnn(C)c2C)c1. The fourth-order valence-electron chi connectivity index (χ4n) is 2.91. The van der Waals surface area contributed by atoms with E-state index >= 15 is 0 Å². The molecule has 1 amide bonds. The second kappa shape index (κ2) is 9.82. The van der Waals surface area contributed by atoms with Crippen LogP contribution in [-0.2, 0) is 11.8 Å². The number of hydrogen-bond donors (Lipinski definition) is 4. The second-order valence-corrected chi connectivity index (χ2v) is 8.73. The summed E-state index contributed by atoms with van der Waals surface area (Å²) in [5, 5.41) is 25.0. The topological polar surface area (TPSA) is 149 Å². The summed E-state index contributed by atoms with van der Waals surface area (Å²) in [4.78, 5) is 21.1. The highest BCUT2D eigenvalue weighted by atomic mass is 16.1. The van der Waals surface area contributed by atoms with Crippen LogP contribution in [0.15, 0.2) is 23.5 Å². The van der Waals surface area contributed by atoms with Gasteiger partial charge in [0.05, 0.1) is 41.7 Å². The third-order valence-electron chi connectivity index (χ3n) is 5.30. The number of nitrogens with one attached hydrogen (secondary N) is 3. The highest BCUT2D eigenvalue weighted by molar-refractivity contribution is 6.46. The highest BCUT2D eigenvalue weighted by Gasteiger charge is 2.22. The van der Waals surface area contributed by atoms with E-state index in [0.717, 1.165) is 11.3 Å². The summed E-state index contributed by atoms with van der Waals surface area (Å²) in [7, 11) is 3.36. The van der Waals surface area contributed by atoms with Crippen LogP contribution < -0.4 is 16.2 Å². The zero-order valence-corrected chi connectivity index (χ0v) is 19.9. The predicted octanol–water partition coefficient (Wildman–Crippen LogP) is 2.65. The average molecular weight is 440 g/mol. The van der Waals surface area contributed by atoms with Gasteiger partial charge in [-0.05, 0) is 25.3 Å². The predicted molar refractivity (Wildman–Crippen MR) is 129 cm³/mol. The summed E-state index contributed by atoms with van der Waals surface area (Å²) in [6.07, 6.45) is 3.36. The first kappa shape index (κ1) is 24.9. The van der Waals surface area contributed by atoms with E-state index in [-0.39, 0.29) is 30.0 Å². The molecule has 0 saturated carbocycles. The molecule has 0 unspecified atom stereocenters. The van der Waals surface area contributed by atoms with Gasteiger partial charge in [-0.15, -0.1) is 0 Å². The van der Waals surface area contributed by atoms with Crippen molar-refractivity contribution in [3.63, 3.8) is 0 Å². The van der Waals surface area contributed by atoms with Gasteiger partial charge in [0, 0.05) is 37.5 Å². The molecule has 2 aromatic rings. The summed E-state index contributed by atoms with van der Waals surface area (Å²) in [5.41, 5.74) is 4.00. The molecule has 0 aliphatic heterocycles. The number of hydrogen-bond acceptors (Lipinski definition) is 8. The molecule has 0 aliphatic rings. The van der Waals surface area contributed by atoms with Crippen molar-refractivity contribution in [2.75, 3.05) is 23.9 Å². The Labute approximate surface area is 188 Å². The minimum absolute atomic E-state index is 0.150. The van der Waals surface area contributed by atoms with Gasteiger partial charge in [0.2, 0.25) is 0 Å². The largest absolute Gasteiger partial charge is 0.319 e. The van der Waals surface area contributed by atoms with E-state index in [2.05, 4.69) is 20.4 Å². The van der Waals surface area contributed by atoms with Gasteiger partial charge in [-0.3, -0.25) is 19.5 Å². The Kier molecular flexibility index (Phi) is 7.63. The van der Waals surface area contributed by atoms with E-state index in [1.807, 2.05) is 41.7 Å². The lowest BCUT2D eigenvalue weighted by Gasteiger charge is -2.22. The fourth-order valence-corrected chi connectivity index (χ4v) is 2.91. The number of anilines is 2. The lowest BCUT2D eigenvalue weighted by Crippen LogP contribution is -2.37. The standard InChI is InChI=1S/C22H33N9O/c1-13-19(31(25)12-17(23)16-11-28-30(7)14(16)2)8-15(10-27-13)29-21(32)18(26-6)9-20(24)22(3,4)5/h8,10-11,23-24H,9,12,25H2,1-7H3,(H,29,32). The normalized spacial score (nSPS) is 11.9. The molecule has 0 fully saturated rings. The molecule has 0 aliphatic carbocycles. The molecule has 10 heteroatoms. The highest BCUT2D eigenvalue weighted by Crippen LogP contribution is 2.22. The molecule has 0 bridgehead atoms. The molecular formula is C22H33N9O. The zero-order valence-electron chi connectivity index (χ0n) is 19.9. The van der Waals surface area contributed by atoms with Crippen LogP contribution >= 0.6 is 0 Å². The number of aliphatic imine (C=N–C) groups is 1. The van der Waals surface area contributed by atoms with Crippen LogP contribution in [-0.4, -0.2) is 51.4 Å². The summed E-state index contributed by atoms with van der Waals surface area (Å²) < 4.78 is 1.71. The summed E-state index contributed by atoms with van der Waals surface area (Å²) in [6.45, 7) is 9.64. The van der Waals surface area contributed by atoms with E-state index in [4.69, 9.17) is 16.7 Å². The van der Waals surface area contributed by atoms with Gasteiger partial charge in [0.15, 0.2) is 0 Å². The third kappa shape index (κ3) is 5.85. The van der Waals surface area contributed by atoms with Gasteiger partial charge in [-0.25, -0.2) is 5.84 Å². The number of hydrazine groups is 1. The Morgan fingerprint density at radius 2 is 1.94 bits per heavy atom. The van der Waals surface area contributed by atoms with Gasteiger partial charge < -0.3 is 21.1 Å². The Bertz CT molecular complexity index is 1060. The molecule has 2 rings (SSSR count). The number of carbonyl (C=O) groups excluding carboxylic acids is 1. The van der Waals surface area contributed by atoms with Crippen molar-refractivity contribution in [2.24, 2.45) is 23.3 Å². The molecule has 0 spiro atoms. The van der Waals surface area contributed by atoms with E-state index in [0.29, 0.717) is 28.5 Å². The van der Waals surface area contributed by atoms with Gasteiger partial charge in [-0.2, -0.15) is 5.10 Å². The molecule has 0 aromatic carbocycles. The molecule has 172 valence electrons. The van der Waals surface area contributed by atoms with Gasteiger partial charge in [0.1, 0.15) is 5.71 Å². The van der Waals surface area contributed by atoms with Crippen LogP contribution in [0.25, 0.3) is 0 Å². The maximum Gasteiger partial charge on any atom is 0.270 e. The van der Waals surface area contributed by atoms with E-state index in [1.165, 1.54) is 12.1 Å². The molecular weight excluding hydrogens is 406 g/mol. The van der Waals surface area contributed by atoms with E-state index < -0.39 is 0 Å². The maximum atomic E-state index is 12.7. The van der Waals surface area contributed by atoms with Crippen LogP contribution in [0.4, 0.5) is 11.4 Å². The summed E-state index contributed by atoms with van der Waals surface area (Å²) in [6, 6.07) is 1.71. The summed E-state index contributed by atoms with van der Waals surface area (Å²) in [5.74, 6) is 5.86. The molecule has 0 saturated heterocycles. The Hall–Kier alpha value is -3.40. The Morgan fingerprint density at radius 3 is 2.47 bits per heavy atom. The molecule has 0 radical (unpaired) electrons. The molecule has 32 heavy (non-hydrogen) atoms. The smallest absolute Gasteiger partial charge is 0.270 e. The minimum Gasteiger partial charge on any atom is -0.319 e. The quantitative estimate of drug-likeness (QED) is 0.283. The van der Waals surface area contributed by atoms with E-state index in [1.54, 1.807) is 23.1 Å². The van der Waals surface area contributed by atoms with Crippen molar-refractivity contribution in [2.45, 2.75) is 41.0 Å². The van der Waals surface area contributed by atoms with Crippen molar-refractivity contribution >= 4 is 34.4 Å². The number of nitrogens with two attached hydrogens (primary N) is 1. The van der Waals surface area contributed by atoms with E-state index in [9.17, 15) is 4.79 Å². The number of aryl methyl sites for hydroxylation is 2. The lowest BCUT2D eigenvalue weighted by molar-refractivity contribution is -0.110. The first-order valence-corrected chi connectivity index (χ1v) is 10.2. The zero-order chi connectivity index (χ0) is 24.2. The number of carbonyl (C=O) groups is 1. The molecule has 2 aromatic heterocycles. The molecule has 0 atom stereocenters. The van der Waals surface area contributed by atoms with Gasteiger partial charge in [0.25, 0.3) is 5.91 Å². The van der Waals surface area contributed by atoms with Crippen LogP contribution in [0.3, 0.4) is 0 Å². The average Bonchev–Trinajstić information content (AvgIpc) is 3.05. The third-order valence-corrected chi connectivity index (χ3v) is 5.30. The van der Waals surface area contributed by atoms with Crippen LogP contribution in [0.2, 0.25) is 0 Å². The fraction of sp³-hybridized carbons (Fsp3) is 0.455. The van der Waals surface area contributed by atoms with Crippen molar-refractivity contribution in [3.05, 3.63) is 35.4 Å². The second-order valence-electron chi connectivity index (χ2n) is 8.73.